The summed E-state index contributed by atoms with van der Waals surface area (Å²) < 4.78 is 5.90. The number of carboxylic acid groups (broad SMARTS) is 1. The zero-order valence-corrected chi connectivity index (χ0v) is 52.6. The van der Waals surface area contributed by atoms with E-state index in [-0.39, 0.29) is 105 Å². The molecule has 0 aliphatic carbocycles. The molecule has 2 aromatic rings. The number of amides is 10. The van der Waals surface area contributed by atoms with E-state index in [1.54, 1.807) is 43.0 Å². The van der Waals surface area contributed by atoms with Gasteiger partial charge < -0.3 is 52.4 Å². The summed E-state index contributed by atoms with van der Waals surface area (Å²) in [7, 11) is 1.93. The minimum absolute atomic E-state index is 0.00924. The molecule has 476 valence electrons. The maximum Gasteiger partial charge on any atom is 0.312 e. The lowest BCUT2D eigenvalue weighted by Gasteiger charge is -2.40. The molecule has 0 bridgehead atoms. The van der Waals surface area contributed by atoms with Crippen LogP contribution in [-0.2, 0) is 54.3 Å². The number of benzene rings is 1. The van der Waals surface area contributed by atoms with Crippen LogP contribution in [0.4, 0.5) is 10.5 Å². The first-order chi connectivity index (χ1) is 40.7. The van der Waals surface area contributed by atoms with Crippen LogP contribution in [0.1, 0.15) is 173 Å². The van der Waals surface area contributed by atoms with E-state index in [1.807, 2.05) is 46.6 Å². The molecule has 25 heteroatoms. The van der Waals surface area contributed by atoms with Crippen LogP contribution in [0.5, 0.6) is 0 Å². The number of nitrogens with two attached hydrogens (primary N) is 1. The first-order valence-corrected chi connectivity index (χ1v) is 31.2. The Bertz CT molecular complexity index is 2660. The smallest absolute Gasteiger partial charge is 0.312 e. The first kappa shape index (κ1) is 71.2. The van der Waals surface area contributed by atoms with Gasteiger partial charge in [0.25, 0.3) is 17.7 Å². The topological polar surface area (TPSA) is 338 Å². The Morgan fingerprint density at radius 3 is 2.12 bits per heavy atom. The summed E-state index contributed by atoms with van der Waals surface area (Å²) in [5.41, 5.74) is 6.28. The number of imide groups is 1. The molecule has 4 rings (SSSR count). The minimum Gasteiger partial charge on any atom is -0.481 e. The molecule has 9 atom stereocenters. The number of anilines is 1. The maximum atomic E-state index is 14.8. The van der Waals surface area contributed by atoms with Crippen molar-refractivity contribution in [2.75, 3.05) is 38.5 Å². The van der Waals surface area contributed by atoms with Gasteiger partial charge in [0.2, 0.25) is 29.5 Å². The quantitative estimate of drug-likeness (QED) is 0.0242. The number of carboxylic acids is 1. The summed E-state index contributed by atoms with van der Waals surface area (Å²) in [4.78, 5) is 153. The first-order valence-electron chi connectivity index (χ1n) is 30.3. The Hall–Kier alpha value is -7.28. The van der Waals surface area contributed by atoms with Crippen molar-refractivity contribution in [1.82, 2.24) is 46.3 Å². The number of urea groups is 1. The SMILES string of the molecule is CCCN(C(=O)[C@@H](NC(=O)[C@H]1CCCCN1C)[C@@H](C)CC)C(C[C@@H](OC(C)=O)c1nc(C(=O)N[C@H](Cc2ccc(NC(=O)[C@H](CCCNC(N)=O)NC(=O)C(NC(=O)CCCCCN3C(=O)C=CC3=O)C(C)C)cc2)C[C@H](C)C(=O)O)cs1)C(C)C. The van der Waals surface area contributed by atoms with Crippen LogP contribution in [0.3, 0.4) is 0 Å². The molecule has 24 nitrogen and oxygen atoms in total. The van der Waals surface area contributed by atoms with Gasteiger partial charge in [-0.3, -0.25) is 57.7 Å². The molecule has 9 N–H and O–H groups in total. The number of rotatable bonds is 36. The number of hydrogen-bond donors (Lipinski definition) is 8. The zero-order valence-electron chi connectivity index (χ0n) is 51.7. The lowest BCUT2D eigenvalue weighted by Crippen LogP contribution is -2.58. The molecule has 1 aromatic carbocycles. The van der Waals surface area contributed by atoms with Crippen molar-refractivity contribution in [3.63, 3.8) is 0 Å². The van der Waals surface area contributed by atoms with E-state index < -0.39 is 83.8 Å². The van der Waals surface area contributed by atoms with Gasteiger partial charge in [0.05, 0.1) is 12.0 Å². The fourth-order valence-electron chi connectivity index (χ4n) is 10.5. The molecule has 1 saturated heterocycles. The van der Waals surface area contributed by atoms with Crippen LogP contribution in [0.15, 0.2) is 41.8 Å². The number of aromatic nitrogens is 1. The van der Waals surface area contributed by atoms with E-state index in [4.69, 9.17) is 10.5 Å². The number of carbonyl (C=O) groups is 11. The molecule has 0 saturated carbocycles. The number of unbranched alkanes of at least 4 members (excludes halogenated alkanes) is 2. The van der Waals surface area contributed by atoms with Crippen molar-refractivity contribution in [3.8, 4) is 0 Å². The number of likely N-dealkylation sites (tertiary alicyclic amines) is 1. The Morgan fingerprint density at radius 1 is 0.837 bits per heavy atom. The number of thiazole rings is 1. The summed E-state index contributed by atoms with van der Waals surface area (Å²) in [6, 6.07) is 1.43. The second-order valence-electron chi connectivity index (χ2n) is 23.4. The molecule has 86 heavy (non-hydrogen) atoms. The standard InChI is InChI=1S/C61H93N11O13S/c1-11-29-71(59(81)53(38(7)12-2)69-56(79)46-20-15-17-30-70(46)10)47(36(3)4)34-48(85-40(9)73)58-67-45(35-86-58)55(78)65-43(32-39(8)60(82)83)33-41-22-24-42(25-23-41)64-54(77)44(19-18-28-63-61(62)84)66-57(80)52(37(5)6)68-49(74)21-14-13-16-31-72-50(75)26-27-51(72)76/h22-27,35-39,43-44,46-48,52-53H,11-21,28-34H2,1-10H3,(H,64,77)(H,65,78)(H,66,80)(H,68,74)(H,69,79)(H,82,83)(H3,62,63,84)/t38-,39-,43-,44-,46+,47?,48+,52?,53-/m0/s1. The van der Waals surface area contributed by atoms with Crippen LogP contribution in [0.2, 0.25) is 0 Å². The van der Waals surface area contributed by atoms with E-state index >= 15 is 0 Å². The molecule has 2 aliphatic rings. The van der Waals surface area contributed by atoms with Gasteiger partial charge in [0.15, 0.2) is 6.10 Å². The molecular weight excluding hydrogens is 1130 g/mol. The molecule has 2 aliphatic heterocycles. The van der Waals surface area contributed by atoms with Crippen molar-refractivity contribution in [2.24, 2.45) is 29.4 Å². The van der Waals surface area contributed by atoms with Gasteiger partial charge in [-0.25, -0.2) is 9.78 Å². The van der Waals surface area contributed by atoms with Crippen molar-refractivity contribution in [2.45, 2.75) is 195 Å². The highest BCUT2D eigenvalue weighted by Crippen LogP contribution is 2.32. The van der Waals surface area contributed by atoms with E-state index in [0.29, 0.717) is 61.3 Å². The van der Waals surface area contributed by atoms with Crippen LogP contribution < -0.4 is 37.6 Å². The number of primary amides is 1. The summed E-state index contributed by atoms with van der Waals surface area (Å²) in [5, 5.41) is 28.7. The molecule has 1 fully saturated rings. The number of likely N-dealkylation sites (N-methyl/N-ethyl adjacent to an activating group) is 1. The van der Waals surface area contributed by atoms with Gasteiger partial charge in [-0.15, -0.1) is 11.3 Å². The second kappa shape index (κ2) is 35.4. The summed E-state index contributed by atoms with van der Waals surface area (Å²) in [6.07, 6.45) is 7.64. The normalized spacial score (nSPS) is 17.1. The predicted octanol–water partition coefficient (Wildman–Crippen LogP) is 5.37. The number of nitrogens with one attached hydrogen (secondary N) is 6. The van der Waals surface area contributed by atoms with Gasteiger partial charge in [0.1, 0.15) is 28.8 Å². The van der Waals surface area contributed by atoms with Crippen LogP contribution in [-0.4, -0.2) is 159 Å². The third-order valence-electron chi connectivity index (χ3n) is 15.7. The number of esters is 1. The average molecular weight is 1220 g/mol. The van der Waals surface area contributed by atoms with Gasteiger partial charge in [0, 0.05) is 74.7 Å². The molecule has 2 unspecified atom stereocenters. The fraction of sp³-hybridized carbons (Fsp3) is 0.639. The highest BCUT2D eigenvalue weighted by Gasteiger charge is 2.39. The van der Waals surface area contributed by atoms with Crippen molar-refractivity contribution < 1.29 is 62.6 Å². The van der Waals surface area contributed by atoms with Crippen LogP contribution in [0, 0.1) is 23.7 Å². The van der Waals surface area contributed by atoms with Gasteiger partial charge >= 0.3 is 18.0 Å². The molecular formula is C61H93N11O13S. The van der Waals surface area contributed by atoms with E-state index in [1.165, 1.54) is 31.4 Å². The van der Waals surface area contributed by atoms with Crippen molar-refractivity contribution in [3.05, 3.63) is 58.1 Å². The van der Waals surface area contributed by atoms with Gasteiger partial charge in [-0.2, -0.15) is 0 Å². The van der Waals surface area contributed by atoms with E-state index in [2.05, 4.69) is 36.9 Å². The summed E-state index contributed by atoms with van der Waals surface area (Å²) in [6.45, 7) is 17.7. The summed E-state index contributed by atoms with van der Waals surface area (Å²) in [5.74, 6) is -6.55. The third-order valence-corrected chi connectivity index (χ3v) is 16.6. The molecule has 0 radical (unpaired) electrons. The lowest BCUT2D eigenvalue weighted by atomic mass is 9.92. The third kappa shape index (κ3) is 22.5. The van der Waals surface area contributed by atoms with Crippen molar-refractivity contribution in [1.29, 1.82) is 0 Å². The number of piperidine rings is 1. The predicted molar refractivity (Wildman–Crippen MR) is 325 cm³/mol. The van der Waals surface area contributed by atoms with E-state index in [9.17, 15) is 57.8 Å². The highest BCUT2D eigenvalue weighted by atomic mass is 32.1. The summed E-state index contributed by atoms with van der Waals surface area (Å²) >= 11 is 1.11. The largest absolute Gasteiger partial charge is 0.481 e. The van der Waals surface area contributed by atoms with Gasteiger partial charge in [-0.05, 0) is 107 Å². The molecule has 10 amide bonds. The van der Waals surface area contributed by atoms with Gasteiger partial charge in [-0.1, -0.05) is 86.8 Å². The number of aliphatic carboxylic acids is 1. The number of ether oxygens (including phenoxy) is 1. The zero-order chi connectivity index (χ0) is 63.8. The lowest BCUT2D eigenvalue weighted by molar-refractivity contribution is -0.150. The molecule has 0 spiro atoms. The Labute approximate surface area is 509 Å². The Kier molecular flexibility index (Phi) is 29.3. The number of carbonyl (C=O) groups excluding carboxylic acids is 10. The van der Waals surface area contributed by atoms with Crippen LogP contribution >= 0.6 is 11.3 Å². The Morgan fingerprint density at radius 2 is 1.52 bits per heavy atom. The minimum atomic E-state index is -1.12. The van der Waals surface area contributed by atoms with E-state index in [0.717, 1.165) is 35.6 Å². The second-order valence-corrected chi connectivity index (χ2v) is 24.3. The maximum absolute atomic E-state index is 14.8. The Balaban J connectivity index is 1.47. The average Bonchev–Trinajstić information content (AvgIpc) is 2.54. The monoisotopic (exact) mass is 1220 g/mol. The molecule has 1 aromatic heterocycles. The molecule has 3 heterocycles. The van der Waals surface area contributed by atoms with Crippen molar-refractivity contribution >= 4 is 82.3 Å². The fourth-order valence-corrected chi connectivity index (χ4v) is 11.4. The number of hydrogen-bond acceptors (Lipinski definition) is 15. The van der Waals surface area contributed by atoms with Crippen LogP contribution in [0.25, 0.3) is 0 Å². The number of nitrogens with zero attached hydrogens (tertiary/aromatic N) is 4. The highest BCUT2D eigenvalue weighted by molar-refractivity contribution is 7.09.